The van der Waals surface area contributed by atoms with Crippen molar-refractivity contribution in [1.29, 1.82) is 0 Å². The largest absolute Gasteiger partial charge is 0.545 e. The van der Waals surface area contributed by atoms with E-state index >= 15 is 0 Å². The Morgan fingerprint density at radius 2 is 1.36 bits per heavy atom. The first-order valence-corrected chi connectivity index (χ1v) is 12.1. The minimum absolute atomic E-state index is 0.136. The Morgan fingerprint density at radius 3 is 1.94 bits per heavy atom. The molecule has 0 unspecified atom stereocenters. The van der Waals surface area contributed by atoms with E-state index in [1.165, 1.54) is 5.56 Å². The summed E-state index contributed by atoms with van der Waals surface area (Å²) in [4.78, 5) is 11.0. The van der Waals surface area contributed by atoms with E-state index in [4.69, 9.17) is 5.11 Å². The lowest BCUT2D eigenvalue weighted by Gasteiger charge is -2.16. The predicted octanol–water partition coefficient (Wildman–Crippen LogP) is 3.71. The average Bonchev–Trinajstić information content (AvgIpc) is 3.32. The summed E-state index contributed by atoms with van der Waals surface area (Å²) in [5.74, 6) is -1.09. The van der Waals surface area contributed by atoms with E-state index in [9.17, 15) is 15.0 Å². The van der Waals surface area contributed by atoms with Crippen molar-refractivity contribution in [3.05, 3.63) is 131 Å². The molecule has 0 amide bonds. The minimum atomic E-state index is -1.09. The molecule has 0 fully saturated rings. The van der Waals surface area contributed by atoms with Crippen molar-refractivity contribution >= 4 is 5.97 Å². The van der Waals surface area contributed by atoms with Gasteiger partial charge in [0.25, 0.3) is 0 Å². The van der Waals surface area contributed by atoms with Gasteiger partial charge in [0.2, 0.25) is 0 Å². The minimum Gasteiger partial charge on any atom is -0.545 e. The van der Waals surface area contributed by atoms with Crippen molar-refractivity contribution in [2.24, 2.45) is 0 Å². The molecule has 0 bridgehead atoms. The number of carboxylic acids is 1. The topological polar surface area (TPSA) is 108 Å². The molecule has 0 saturated heterocycles. The van der Waals surface area contributed by atoms with Gasteiger partial charge in [-0.2, -0.15) is 0 Å². The summed E-state index contributed by atoms with van der Waals surface area (Å²) in [7, 11) is 0. The maximum atomic E-state index is 11.0. The van der Waals surface area contributed by atoms with Crippen LogP contribution in [0.2, 0.25) is 0 Å². The van der Waals surface area contributed by atoms with Gasteiger partial charge in [-0.15, -0.1) is 0 Å². The van der Waals surface area contributed by atoms with Crippen molar-refractivity contribution in [1.82, 2.24) is 0 Å². The quantitative estimate of drug-likeness (QED) is 0.354. The Labute approximate surface area is 212 Å². The zero-order valence-electron chi connectivity index (χ0n) is 20.5. The molecule has 36 heavy (non-hydrogen) atoms. The second-order valence-corrected chi connectivity index (χ2v) is 8.55. The van der Waals surface area contributed by atoms with Crippen LogP contribution in [0.1, 0.15) is 58.1 Å². The molecule has 4 aromatic rings. The summed E-state index contributed by atoms with van der Waals surface area (Å²) in [5.41, 5.74) is 10.5. The fraction of sp³-hybridized carbons (Fsp3) is 0.194. The van der Waals surface area contributed by atoms with Crippen molar-refractivity contribution in [3.63, 3.8) is 0 Å². The van der Waals surface area contributed by atoms with Crippen molar-refractivity contribution in [2.45, 2.75) is 31.9 Å². The number of benzene rings is 4. The Balaban J connectivity index is 0.000000175. The van der Waals surface area contributed by atoms with Crippen LogP contribution in [0.4, 0.5) is 0 Å². The van der Waals surface area contributed by atoms with Gasteiger partial charge in [-0.1, -0.05) is 110 Å². The van der Waals surface area contributed by atoms with Crippen LogP contribution in [0.5, 0.6) is 0 Å². The van der Waals surface area contributed by atoms with Crippen LogP contribution in [0.15, 0.2) is 103 Å². The molecule has 0 spiro atoms. The van der Waals surface area contributed by atoms with E-state index in [-0.39, 0.29) is 6.04 Å². The second-order valence-electron chi connectivity index (χ2n) is 8.55. The number of carbonyl (C=O) groups excluding carboxylic acids is 1. The number of carboxylic acid groups (broad SMARTS) is 1. The van der Waals surface area contributed by atoms with Crippen molar-refractivity contribution in [3.8, 4) is 11.1 Å². The summed E-state index contributed by atoms with van der Waals surface area (Å²) < 4.78 is 0. The van der Waals surface area contributed by atoms with E-state index in [1.807, 2.05) is 97.9 Å². The lowest BCUT2D eigenvalue weighted by molar-refractivity contribution is -0.446. The summed E-state index contributed by atoms with van der Waals surface area (Å²) in [6, 6.07) is 32.7. The van der Waals surface area contributed by atoms with Gasteiger partial charge in [0.05, 0.1) is 5.97 Å². The highest BCUT2D eigenvalue weighted by Gasteiger charge is 2.22. The highest BCUT2D eigenvalue weighted by molar-refractivity contribution is 5.93. The first-order valence-electron chi connectivity index (χ1n) is 12.1. The molecule has 5 rings (SSSR count). The Kier molecular flexibility index (Phi) is 9.95. The van der Waals surface area contributed by atoms with Gasteiger partial charge in [-0.25, -0.2) is 0 Å². The zero-order chi connectivity index (χ0) is 25.9. The van der Waals surface area contributed by atoms with E-state index in [0.29, 0.717) is 18.6 Å². The van der Waals surface area contributed by atoms with Crippen LogP contribution in [0, 0.1) is 0 Å². The van der Waals surface area contributed by atoms with Gasteiger partial charge in [-0.05, 0) is 40.7 Å². The number of quaternary nitrogens is 1. The Morgan fingerprint density at radius 1 is 0.833 bits per heavy atom. The second kappa shape index (κ2) is 13.4. The van der Waals surface area contributed by atoms with Crippen molar-refractivity contribution in [2.75, 3.05) is 6.61 Å². The summed E-state index contributed by atoms with van der Waals surface area (Å²) in [6.07, 6.45) is 1.01. The molecule has 1 aliphatic carbocycles. The molecule has 0 radical (unpaired) electrons. The third-order valence-electron chi connectivity index (χ3n) is 6.04. The number of fused-ring (bicyclic) bond motifs is 3. The number of hydrogen-bond acceptors (Lipinski definition) is 4. The zero-order valence-corrected chi connectivity index (χ0v) is 20.5. The molecule has 1 aliphatic rings. The monoisotopic (exact) mass is 483 g/mol. The summed E-state index contributed by atoms with van der Waals surface area (Å²) in [6.45, 7) is 2.25. The standard InChI is InChI=1S/C14H15NO.C14H10O2.C3H8O/c15-13(11-7-3-1-4-8-11)14(16)12-9-5-2-6-10-12;15-14(16)12-7-3-6-11-10-5-2-1-4-9(10)8-13(11)12;1-2-3-4/h1-10,13-14,16H,15H2;1-7H,8H2,(H,15,16);4H,2-3H2,1H3/t13-,14+;;/m0../s1. The van der Waals surface area contributed by atoms with E-state index in [2.05, 4.69) is 5.73 Å². The van der Waals surface area contributed by atoms with E-state index in [0.717, 1.165) is 34.2 Å². The molecule has 5 heteroatoms. The van der Waals surface area contributed by atoms with Crippen LogP contribution in [-0.2, 0) is 6.42 Å². The molecule has 2 atom stereocenters. The summed E-state index contributed by atoms with van der Waals surface area (Å²) >= 11 is 0. The van der Waals surface area contributed by atoms with Crippen LogP contribution >= 0.6 is 0 Å². The lowest BCUT2D eigenvalue weighted by atomic mass is 9.97. The average molecular weight is 484 g/mol. The van der Waals surface area contributed by atoms with Gasteiger partial charge in [0, 0.05) is 17.7 Å². The fourth-order valence-corrected chi connectivity index (χ4v) is 4.11. The van der Waals surface area contributed by atoms with Gasteiger partial charge in [0.1, 0.15) is 12.1 Å². The molecule has 0 aromatic heterocycles. The molecule has 5 N–H and O–H groups in total. The van der Waals surface area contributed by atoms with Gasteiger partial charge < -0.3 is 25.8 Å². The smallest absolute Gasteiger partial charge is 0.140 e. The number of rotatable bonds is 5. The third-order valence-corrected chi connectivity index (χ3v) is 6.04. The van der Waals surface area contributed by atoms with Gasteiger partial charge >= 0.3 is 0 Å². The van der Waals surface area contributed by atoms with Crippen LogP contribution in [-0.4, -0.2) is 22.8 Å². The van der Waals surface area contributed by atoms with Crippen LogP contribution in [0.25, 0.3) is 11.1 Å². The van der Waals surface area contributed by atoms with Gasteiger partial charge in [0.15, 0.2) is 0 Å². The summed E-state index contributed by atoms with van der Waals surface area (Å²) in [5, 5.41) is 29.1. The first kappa shape index (κ1) is 26.8. The molecular formula is C31H33NO4. The molecule has 186 valence electrons. The molecular weight excluding hydrogens is 450 g/mol. The fourth-order valence-electron chi connectivity index (χ4n) is 4.11. The van der Waals surface area contributed by atoms with Gasteiger partial charge in [-0.3, -0.25) is 0 Å². The van der Waals surface area contributed by atoms with E-state index < -0.39 is 12.1 Å². The number of aromatic carboxylic acids is 1. The predicted molar refractivity (Wildman–Crippen MR) is 140 cm³/mol. The molecule has 4 aromatic carbocycles. The maximum absolute atomic E-state index is 11.0. The Bertz CT molecular complexity index is 1200. The Hall–Kier alpha value is -3.77. The molecule has 0 aliphatic heterocycles. The van der Waals surface area contributed by atoms with Crippen LogP contribution < -0.4 is 10.8 Å². The van der Waals surface area contributed by atoms with Crippen LogP contribution in [0.3, 0.4) is 0 Å². The maximum Gasteiger partial charge on any atom is 0.140 e. The first-order chi connectivity index (χ1) is 17.5. The number of aliphatic hydroxyl groups is 2. The number of carbonyl (C=O) groups is 1. The number of aliphatic hydroxyl groups excluding tert-OH is 2. The highest BCUT2D eigenvalue weighted by Crippen LogP contribution is 2.37. The lowest BCUT2D eigenvalue weighted by Crippen LogP contribution is -2.56. The molecule has 0 heterocycles. The normalized spacial score (nSPS) is 12.6. The molecule has 5 nitrogen and oxygen atoms in total. The molecule has 0 saturated carbocycles. The SMILES string of the molecule is CCCO.O=C([O-])c1cccc2c1Cc1ccccc1-2.[NH3+][C@@H](c1ccccc1)[C@H](O)c1ccccc1. The highest BCUT2D eigenvalue weighted by atomic mass is 16.4. The third kappa shape index (κ3) is 6.67. The van der Waals surface area contributed by atoms with E-state index in [1.54, 1.807) is 12.1 Å². The van der Waals surface area contributed by atoms with Crippen molar-refractivity contribution < 1.29 is 25.8 Å². The number of hydrogen-bond donors (Lipinski definition) is 3.